The predicted octanol–water partition coefficient (Wildman–Crippen LogP) is 0.566. The molecule has 0 N–H and O–H groups in total. The first kappa shape index (κ1) is 10.8. The molecule has 1 aliphatic rings. The highest BCUT2D eigenvalue weighted by molar-refractivity contribution is 8.14. The molecule has 4 nitrogen and oxygen atoms in total. The van der Waals surface area contributed by atoms with E-state index in [1.165, 1.54) is 11.8 Å². The Labute approximate surface area is 82.3 Å². The predicted molar refractivity (Wildman–Crippen MR) is 50.0 cm³/mol. The maximum absolute atomic E-state index is 11.0. The maximum atomic E-state index is 11.0. The van der Waals surface area contributed by atoms with Crippen LogP contribution in [0, 0.1) is 0 Å². The van der Waals surface area contributed by atoms with Crippen molar-refractivity contribution in [2.75, 3.05) is 13.1 Å². The van der Waals surface area contributed by atoms with E-state index in [-0.39, 0.29) is 12.5 Å². The van der Waals surface area contributed by atoms with Crippen LogP contribution in [0.15, 0.2) is 0 Å². The molecular weight excluding hydrogens is 214 g/mol. The van der Waals surface area contributed by atoms with E-state index in [0.29, 0.717) is 19.4 Å². The standard InChI is InChI=1S/C7H12ClNO3S/c1-6(10)9-4-2-3-7(5-9)13(8,11)12/h7H,2-5H2,1H3. The lowest BCUT2D eigenvalue weighted by Crippen LogP contribution is -2.43. The summed E-state index contributed by atoms with van der Waals surface area (Å²) < 4.78 is 22.0. The van der Waals surface area contributed by atoms with Crippen LogP contribution in [0.25, 0.3) is 0 Å². The van der Waals surface area contributed by atoms with Gasteiger partial charge in [0.15, 0.2) is 0 Å². The van der Waals surface area contributed by atoms with E-state index in [2.05, 4.69) is 0 Å². The van der Waals surface area contributed by atoms with Gasteiger partial charge < -0.3 is 4.90 Å². The molecule has 1 unspecified atom stereocenters. The van der Waals surface area contributed by atoms with Gasteiger partial charge in [0.1, 0.15) is 0 Å². The van der Waals surface area contributed by atoms with Crippen LogP contribution in [0.4, 0.5) is 0 Å². The van der Waals surface area contributed by atoms with E-state index in [1.54, 1.807) is 0 Å². The summed E-state index contributed by atoms with van der Waals surface area (Å²) >= 11 is 0. The second-order valence-electron chi connectivity index (χ2n) is 3.20. The Hall–Kier alpha value is -0.290. The minimum atomic E-state index is -3.51. The van der Waals surface area contributed by atoms with Crippen LogP contribution in [-0.4, -0.2) is 37.6 Å². The lowest BCUT2D eigenvalue weighted by molar-refractivity contribution is -0.129. The smallest absolute Gasteiger partial charge is 0.237 e. The van der Waals surface area contributed by atoms with E-state index in [9.17, 15) is 13.2 Å². The van der Waals surface area contributed by atoms with Crippen LogP contribution in [0.2, 0.25) is 0 Å². The Balaban J connectivity index is 2.67. The fourth-order valence-electron chi connectivity index (χ4n) is 1.45. The Morgan fingerprint density at radius 2 is 2.15 bits per heavy atom. The largest absolute Gasteiger partial charge is 0.342 e. The highest BCUT2D eigenvalue weighted by Crippen LogP contribution is 2.19. The van der Waals surface area contributed by atoms with E-state index in [1.807, 2.05) is 0 Å². The minimum Gasteiger partial charge on any atom is -0.342 e. The van der Waals surface area contributed by atoms with Gasteiger partial charge in [-0.25, -0.2) is 8.42 Å². The van der Waals surface area contributed by atoms with Crippen LogP contribution < -0.4 is 0 Å². The number of piperidine rings is 1. The fourth-order valence-corrected chi connectivity index (χ4v) is 2.70. The van der Waals surface area contributed by atoms with Gasteiger partial charge in [0.05, 0.1) is 5.25 Å². The number of halogens is 1. The molecule has 0 aliphatic carbocycles. The molecule has 1 heterocycles. The average molecular weight is 226 g/mol. The topological polar surface area (TPSA) is 54.5 Å². The summed E-state index contributed by atoms with van der Waals surface area (Å²) in [7, 11) is 1.70. The monoisotopic (exact) mass is 225 g/mol. The van der Waals surface area contributed by atoms with Crippen LogP contribution in [0.1, 0.15) is 19.8 Å². The molecule has 13 heavy (non-hydrogen) atoms. The van der Waals surface area contributed by atoms with E-state index in [4.69, 9.17) is 10.7 Å². The van der Waals surface area contributed by atoms with E-state index >= 15 is 0 Å². The van der Waals surface area contributed by atoms with Crippen LogP contribution in [0.5, 0.6) is 0 Å². The molecular formula is C7H12ClNO3S. The fraction of sp³-hybridized carbons (Fsp3) is 0.857. The number of nitrogens with zero attached hydrogens (tertiary/aromatic N) is 1. The Kier molecular flexibility index (Phi) is 3.18. The zero-order valence-corrected chi connectivity index (χ0v) is 8.94. The number of carbonyl (C=O) groups excluding carboxylic acids is 1. The number of amides is 1. The third kappa shape index (κ3) is 2.84. The molecule has 6 heteroatoms. The van der Waals surface area contributed by atoms with Gasteiger partial charge in [-0.15, -0.1) is 0 Å². The van der Waals surface area contributed by atoms with Crippen molar-refractivity contribution in [3.63, 3.8) is 0 Å². The van der Waals surface area contributed by atoms with Gasteiger partial charge >= 0.3 is 0 Å². The van der Waals surface area contributed by atoms with Crippen molar-refractivity contribution in [1.82, 2.24) is 4.90 Å². The lowest BCUT2D eigenvalue weighted by atomic mass is 10.1. The van der Waals surface area contributed by atoms with Crippen LogP contribution in [0.3, 0.4) is 0 Å². The van der Waals surface area contributed by atoms with Gasteiger partial charge in [0, 0.05) is 30.7 Å². The zero-order chi connectivity index (χ0) is 10.1. The SMILES string of the molecule is CC(=O)N1CCCC(S(=O)(=O)Cl)C1. The van der Waals surface area contributed by atoms with Crippen molar-refractivity contribution in [3.05, 3.63) is 0 Å². The first-order chi connectivity index (χ1) is 5.91. The van der Waals surface area contributed by atoms with Crippen LogP contribution >= 0.6 is 10.7 Å². The number of hydrogen-bond acceptors (Lipinski definition) is 3. The summed E-state index contributed by atoms with van der Waals surface area (Å²) in [6.45, 7) is 2.31. The first-order valence-corrected chi connectivity index (χ1v) is 6.47. The van der Waals surface area contributed by atoms with Gasteiger partial charge in [-0.05, 0) is 12.8 Å². The quantitative estimate of drug-likeness (QED) is 0.613. The summed E-state index contributed by atoms with van der Waals surface area (Å²) in [4.78, 5) is 12.5. The summed E-state index contributed by atoms with van der Waals surface area (Å²) in [6.07, 6.45) is 1.26. The van der Waals surface area contributed by atoms with Gasteiger partial charge in [-0.3, -0.25) is 4.79 Å². The van der Waals surface area contributed by atoms with Crippen molar-refractivity contribution in [3.8, 4) is 0 Å². The molecule has 1 fully saturated rings. The minimum absolute atomic E-state index is 0.0926. The normalized spacial score (nSPS) is 24.5. The van der Waals surface area contributed by atoms with Crippen molar-refractivity contribution in [2.24, 2.45) is 0 Å². The maximum Gasteiger partial charge on any atom is 0.237 e. The highest BCUT2D eigenvalue weighted by atomic mass is 35.7. The molecule has 0 aromatic heterocycles. The van der Waals surface area contributed by atoms with Crippen molar-refractivity contribution in [2.45, 2.75) is 25.0 Å². The molecule has 1 atom stereocenters. The van der Waals surface area contributed by atoms with Gasteiger partial charge in [0.25, 0.3) is 0 Å². The summed E-state index contributed by atoms with van der Waals surface area (Å²) in [5, 5.41) is -0.591. The molecule has 0 spiro atoms. The van der Waals surface area contributed by atoms with Gasteiger partial charge in [-0.1, -0.05) is 0 Å². The summed E-state index contributed by atoms with van der Waals surface area (Å²) in [5.74, 6) is -0.0926. The number of carbonyl (C=O) groups is 1. The molecule has 76 valence electrons. The van der Waals surface area contributed by atoms with Crippen molar-refractivity contribution >= 4 is 25.6 Å². The number of rotatable bonds is 1. The van der Waals surface area contributed by atoms with E-state index in [0.717, 1.165) is 0 Å². The second-order valence-corrected chi connectivity index (χ2v) is 6.11. The number of hydrogen-bond donors (Lipinski definition) is 0. The van der Waals surface area contributed by atoms with E-state index < -0.39 is 14.3 Å². The first-order valence-electron chi connectivity index (χ1n) is 4.10. The molecule has 0 radical (unpaired) electrons. The molecule has 1 rings (SSSR count). The highest BCUT2D eigenvalue weighted by Gasteiger charge is 2.29. The van der Waals surface area contributed by atoms with Crippen LogP contribution in [-0.2, 0) is 13.8 Å². The van der Waals surface area contributed by atoms with Gasteiger partial charge in [0.2, 0.25) is 15.0 Å². The Morgan fingerprint density at radius 3 is 2.62 bits per heavy atom. The lowest BCUT2D eigenvalue weighted by Gasteiger charge is -2.30. The molecule has 0 aromatic rings. The summed E-state index contributed by atoms with van der Waals surface area (Å²) in [6, 6.07) is 0. The average Bonchev–Trinajstić information content (AvgIpc) is 2.03. The van der Waals surface area contributed by atoms with Crippen molar-refractivity contribution < 1.29 is 13.2 Å². The second kappa shape index (κ2) is 3.84. The summed E-state index contributed by atoms with van der Waals surface area (Å²) in [5.41, 5.74) is 0. The molecule has 1 saturated heterocycles. The third-order valence-electron chi connectivity index (χ3n) is 2.22. The Bertz CT molecular complexity index is 301. The number of likely N-dealkylation sites (tertiary alicyclic amines) is 1. The zero-order valence-electron chi connectivity index (χ0n) is 7.36. The van der Waals surface area contributed by atoms with Gasteiger partial charge in [-0.2, -0.15) is 0 Å². The van der Waals surface area contributed by atoms with Crippen molar-refractivity contribution in [1.29, 1.82) is 0 Å². The third-order valence-corrected chi connectivity index (χ3v) is 4.16. The molecule has 1 aliphatic heterocycles. The molecule has 0 bridgehead atoms. The molecule has 1 amide bonds. The Morgan fingerprint density at radius 1 is 1.54 bits per heavy atom. The molecule has 0 aromatic carbocycles. The molecule has 0 saturated carbocycles.